The lowest BCUT2D eigenvalue weighted by Crippen LogP contribution is -2.45. The Kier molecular flexibility index (Phi) is 5.09. The molecule has 0 aromatic carbocycles. The molecule has 1 saturated heterocycles. The smallest absolute Gasteiger partial charge is 0.236 e. The molecule has 0 aromatic heterocycles. The van der Waals surface area contributed by atoms with Crippen LogP contribution in [0, 0.1) is 11.8 Å². The van der Waals surface area contributed by atoms with Crippen LogP contribution >= 0.6 is 0 Å². The van der Waals surface area contributed by atoms with E-state index in [2.05, 4.69) is 26.1 Å². The van der Waals surface area contributed by atoms with Gasteiger partial charge < -0.3 is 10.2 Å². The summed E-state index contributed by atoms with van der Waals surface area (Å²) in [7, 11) is 0. The Labute approximate surface area is 93.2 Å². The normalized spacial score (nSPS) is 26.7. The van der Waals surface area contributed by atoms with Crippen molar-refractivity contribution in [1.82, 2.24) is 10.2 Å². The van der Waals surface area contributed by atoms with E-state index in [4.69, 9.17) is 0 Å². The summed E-state index contributed by atoms with van der Waals surface area (Å²) in [6.45, 7) is 9.96. The van der Waals surface area contributed by atoms with Crippen molar-refractivity contribution in [3.05, 3.63) is 0 Å². The van der Waals surface area contributed by atoms with Crippen LogP contribution in [0.1, 0.15) is 33.6 Å². The highest BCUT2D eigenvalue weighted by Crippen LogP contribution is 2.22. The van der Waals surface area contributed by atoms with Crippen LogP contribution in [0.5, 0.6) is 0 Å². The summed E-state index contributed by atoms with van der Waals surface area (Å²) in [6.07, 6.45) is 2.24. The highest BCUT2D eigenvalue weighted by atomic mass is 16.2. The second-order valence-corrected chi connectivity index (χ2v) is 4.76. The van der Waals surface area contributed by atoms with Crippen LogP contribution in [0.15, 0.2) is 0 Å². The molecule has 0 radical (unpaired) electrons. The van der Waals surface area contributed by atoms with Crippen LogP contribution in [-0.4, -0.2) is 37.0 Å². The van der Waals surface area contributed by atoms with Gasteiger partial charge in [0, 0.05) is 13.1 Å². The topological polar surface area (TPSA) is 32.3 Å². The monoisotopic (exact) mass is 212 g/mol. The number of rotatable bonds is 4. The molecule has 0 spiro atoms. The molecule has 0 bridgehead atoms. The van der Waals surface area contributed by atoms with Crippen LogP contribution in [0.3, 0.4) is 0 Å². The van der Waals surface area contributed by atoms with Crippen molar-refractivity contribution < 1.29 is 4.79 Å². The summed E-state index contributed by atoms with van der Waals surface area (Å²) in [5.74, 6) is 1.67. The molecular weight excluding hydrogens is 188 g/mol. The Morgan fingerprint density at radius 1 is 1.40 bits per heavy atom. The van der Waals surface area contributed by atoms with E-state index in [0.717, 1.165) is 38.4 Å². The molecule has 88 valence electrons. The first-order valence-corrected chi connectivity index (χ1v) is 6.13. The first-order valence-electron chi connectivity index (χ1n) is 6.13. The van der Waals surface area contributed by atoms with Crippen molar-refractivity contribution in [2.24, 2.45) is 11.8 Å². The minimum absolute atomic E-state index is 0.266. The molecule has 1 aliphatic rings. The molecule has 2 atom stereocenters. The molecular formula is C12H24N2O. The number of amides is 1. The summed E-state index contributed by atoms with van der Waals surface area (Å²) in [5.41, 5.74) is 0. The Morgan fingerprint density at radius 2 is 2.13 bits per heavy atom. The first kappa shape index (κ1) is 12.5. The van der Waals surface area contributed by atoms with E-state index < -0.39 is 0 Å². The average Bonchev–Trinajstić information content (AvgIpc) is 2.22. The third-order valence-electron chi connectivity index (χ3n) is 3.39. The molecule has 0 saturated carbocycles. The van der Waals surface area contributed by atoms with Gasteiger partial charge in [-0.1, -0.05) is 20.8 Å². The van der Waals surface area contributed by atoms with Gasteiger partial charge in [0.15, 0.2) is 0 Å². The summed E-state index contributed by atoms with van der Waals surface area (Å²) in [5, 5.41) is 3.17. The van der Waals surface area contributed by atoms with Crippen molar-refractivity contribution in [3.8, 4) is 0 Å². The zero-order valence-electron chi connectivity index (χ0n) is 10.3. The lowest BCUT2D eigenvalue weighted by molar-refractivity contribution is -0.132. The molecule has 3 heteroatoms. The van der Waals surface area contributed by atoms with E-state index in [1.54, 1.807) is 0 Å². The van der Waals surface area contributed by atoms with Gasteiger partial charge in [0.2, 0.25) is 5.91 Å². The average molecular weight is 212 g/mol. The van der Waals surface area contributed by atoms with E-state index in [0.29, 0.717) is 12.5 Å². The molecule has 0 aromatic rings. The van der Waals surface area contributed by atoms with Crippen LogP contribution in [0.2, 0.25) is 0 Å². The van der Waals surface area contributed by atoms with Crippen molar-refractivity contribution in [2.45, 2.75) is 33.6 Å². The Hall–Kier alpha value is -0.570. The number of likely N-dealkylation sites (tertiary alicyclic amines) is 1. The third kappa shape index (κ3) is 3.82. The summed E-state index contributed by atoms with van der Waals surface area (Å²) < 4.78 is 0. The summed E-state index contributed by atoms with van der Waals surface area (Å²) in [6, 6.07) is 0. The van der Waals surface area contributed by atoms with Crippen LogP contribution < -0.4 is 5.32 Å². The summed E-state index contributed by atoms with van der Waals surface area (Å²) >= 11 is 0. The van der Waals surface area contributed by atoms with E-state index in [1.807, 2.05) is 4.90 Å². The highest BCUT2D eigenvalue weighted by molar-refractivity contribution is 5.78. The Balaban J connectivity index is 2.28. The minimum atomic E-state index is 0.266. The molecule has 15 heavy (non-hydrogen) atoms. The number of hydrogen-bond donors (Lipinski definition) is 1. The van der Waals surface area contributed by atoms with Gasteiger partial charge in [-0.3, -0.25) is 4.79 Å². The van der Waals surface area contributed by atoms with E-state index >= 15 is 0 Å². The SMILES string of the molecule is CCCNCC(=O)N1CCC(C)C(C)C1. The number of piperidine rings is 1. The lowest BCUT2D eigenvalue weighted by Gasteiger charge is -2.35. The number of carbonyl (C=O) groups is 1. The number of nitrogens with zero attached hydrogens (tertiary/aromatic N) is 1. The van der Waals surface area contributed by atoms with Gasteiger partial charge in [-0.25, -0.2) is 0 Å². The fourth-order valence-electron chi connectivity index (χ4n) is 1.97. The van der Waals surface area contributed by atoms with Gasteiger partial charge in [-0.15, -0.1) is 0 Å². The zero-order chi connectivity index (χ0) is 11.3. The molecule has 2 unspecified atom stereocenters. The van der Waals surface area contributed by atoms with E-state index in [9.17, 15) is 4.79 Å². The van der Waals surface area contributed by atoms with Crippen molar-refractivity contribution in [3.63, 3.8) is 0 Å². The Bertz CT molecular complexity index is 206. The molecule has 1 N–H and O–H groups in total. The van der Waals surface area contributed by atoms with Crippen molar-refractivity contribution >= 4 is 5.91 Å². The first-order chi connectivity index (χ1) is 7.15. The van der Waals surface area contributed by atoms with Gasteiger partial charge in [0.25, 0.3) is 0 Å². The molecule has 0 aliphatic carbocycles. The minimum Gasteiger partial charge on any atom is -0.341 e. The second kappa shape index (κ2) is 6.11. The maximum Gasteiger partial charge on any atom is 0.236 e. The maximum absolute atomic E-state index is 11.8. The van der Waals surface area contributed by atoms with Gasteiger partial charge in [-0.05, 0) is 31.2 Å². The second-order valence-electron chi connectivity index (χ2n) is 4.76. The Morgan fingerprint density at radius 3 is 2.73 bits per heavy atom. The maximum atomic E-state index is 11.8. The molecule has 1 amide bonds. The zero-order valence-corrected chi connectivity index (χ0v) is 10.3. The highest BCUT2D eigenvalue weighted by Gasteiger charge is 2.25. The molecule has 3 nitrogen and oxygen atoms in total. The predicted octanol–water partition coefficient (Wildman–Crippen LogP) is 1.49. The quantitative estimate of drug-likeness (QED) is 0.716. The third-order valence-corrected chi connectivity index (χ3v) is 3.39. The fourth-order valence-corrected chi connectivity index (χ4v) is 1.97. The standard InChI is InChI=1S/C12H24N2O/c1-4-6-13-8-12(15)14-7-5-10(2)11(3)9-14/h10-11,13H,4-9H2,1-3H3. The van der Waals surface area contributed by atoms with Crippen LogP contribution in [0.4, 0.5) is 0 Å². The summed E-state index contributed by atoms with van der Waals surface area (Å²) in [4.78, 5) is 13.8. The van der Waals surface area contributed by atoms with Crippen molar-refractivity contribution in [1.29, 1.82) is 0 Å². The number of hydrogen-bond acceptors (Lipinski definition) is 2. The number of nitrogens with one attached hydrogen (secondary N) is 1. The van der Waals surface area contributed by atoms with Crippen LogP contribution in [-0.2, 0) is 4.79 Å². The van der Waals surface area contributed by atoms with Gasteiger partial charge in [0.05, 0.1) is 6.54 Å². The van der Waals surface area contributed by atoms with E-state index in [-0.39, 0.29) is 5.91 Å². The molecule has 1 rings (SSSR count). The predicted molar refractivity (Wildman–Crippen MR) is 62.7 cm³/mol. The number of carbonyl (C=O) groups excluding carboxylic acids is 1. The van der Waals surface area contributed by atoms with Crippen molar-refractivity contribution in [2.75, 3.05) is 26.2 Å². The van der Waals surface area contributed by atoms with Gasteiger partial charge >= 0.3 is 0 Å². The molecule has 1 aliphatic heterocycles. The van der Waals surface area contributed by atoms with Crippen LogP contribution in [0.25, 0.3) is 0 Å². The van der Waals surface area contributed by atoms with E-state index in [1.165, 1.54) is 0 Å². The molecule has 1 fully saturated rings. The molecule has 1 heterocycles. The lowest BCUT2D eigenvalue weighted by atomic mass is 9.89. The van der Waals surface area contributed by atoms with Gasteiger partial charge in [0.1, 0.15) is 0 Å². The van der Waals surface area contributed by atoms with Gasteiger partial charge in [-0.2, -0.15) is 0 Å². The largest absolute Gasteiger partial charge is 0.341 e. The fraction of sp³-hybridized carbons (Fsp3) is 0.917.